The Morgan fingerprint density at radius 2 is 1.31 bits per heavy atom. The monoisotopic (exact) mass is 441 g/mol. The van der Waals surface area contributed by atoms with Crippen molar-refractivity contribution in [3.63, 3.8) is 0 Å². The fraction of sp³-hybridized carbons (Fsp3) is 0.810. The number of hydrogen-bond acceptors (Lipinski definition) is 3. The van der Waals surface area contributed by atoms with Crippen LogP contribution in [0.15, 0.2) is 24.0 Å². The van der Waals surface area contributed by atoms with Gasteiger partial charge in [0.1, 0.15) is 6.20 Å². The second-order valence-electron chi connectivity index (χ2n) is 7.56. The van der Waals surface area contributed by atoms with Crippen molar-refractivity contribution in [2.24, 2.45) is 0 Å². The number of nitrogens with one attached hydrogen (secondary N) is 1. The van der Waals surface area contributed by atoms with Crippen LogP contribution in [0.2, 0.25) is 0 Å². The number of unbranched alkanes of at least 4 members (excludes halogenated alkanes) is 10. The molecule has 0 amide bonds. The molecule has 8 heteroatoms. The molecule has 1 rings (SSSR count). The van der Waals surface area contributed by atoms with Crippen molar-refractivity contribution in [1.29, 1.82) is 0 Å². The van der Waals surface area contributed by atoms with E-state index >= 15 is 0 Å². The first-order valence-corrected chi connectivity index (χ1v) is 12.3. The lowest BCUT2D eigenvalue weighted by Gasteiger charge is -2.08. The average molecular weight is 442 g/mol. The first-order valence-electron chi connectivity index (χ1n) is 10.9. The number of hydrogen-bond donors (Lipinski definition) is 1. The van der Waals surface area contributed by atoms with Gasteiger partial charge in [0, 0.05) is 11.6 Å². The molecule has 0 bridgehead atoms. The highest BCUT2D eigenvalue weighted by atomic mass is 32.2. The second-order valence-corrected chi connectivity index (χ2v) is 8.93. The largest absolute Gasteiger partial charge is 0.741 e. The van der Waals surface area contributed by atoms with Gasteiger partial charge in [-0.1, -0.05) is 71.6 Å². The summed E-state index contributed by atoms with van der Waals surface area (Å²) in [6.07, 6.45) is 25.4. The normalized spacial score (nSPS) is 16.5. The van der Waals surface area contributed by atoms with E-state index < -0.39 is 15.6 Å². The maximum absolute atomic E-state index is 10.7. The first kappa shape index (κ1) is 28.1. The van der Waals surface area contributed by atoms with Gasteiger partial charge in [-0.2, -0.15) is 13.2 Å². The van der Waals surface area contributed by atoms with Crippen LogP contribution in [0.1, 0.15) is 97.3 Å². The van der Waals surface area contributed by atoms with Crippen molar-refractivity contribution in [3.8, 4) is 0 Å². The summed E-state index contributed by atoms with van der Waals surface area (Å²) < 4.78 is 58.9. The van der Waals surface area contributed by atoms with Crippen LogP contribution >= 0.6 is 0 Å². The standard InChI is InChI=1S/C20H37N.CHF3O3S/c1-3-5-7-8-9-10-11-12-13-14-17-21-18-16-20(19-21)15-6-4-2;2-1(3,4)8(5,6)7/h16,18-19H,3-15,17H2,1-2H3;(H,5,6,7). The molecule has 1 unspecified atom stereocenters. The van der Waals surface area contributed by atoms with E-state index in [1.807, 2.05) is 0 Å². The average Bonchev–Trinajstić information content (AvgIpc) is 3.08. The molecule has 0 radical (unpaired) electrons. The van der Waals surface area contributed by atoms with Gasteiger partial charge in [0.15, 0.2) is 10.1 Å². The lowest BCUT2D eigenvalue weighted by atomic mass is 10.1. The number of halogens is 3. The zero-order valence-electron chi connectivity index (χ0n) is 17.9. The predicted molar refractivity (Wildman–Crippen MR) is 110 cm³/mol. The molecule has 0 saturated carbocycles. The van der Waals surface area contributed by atoms with Crippen molar-refractivity contribution in [2.45, 2.75) is 103 Å². The zero-order chi connectivity index (χ0) is 22.2. The number of rotatable bonds is 14. The Balaban J connectivity index is 0.000000828. The van der Waals surface area contributed by atoms with Gasteiger partial charge in [0.25, 0.3) is 0 Å². The fourth-order valence-corrected chi connectivity index (χ4v) is 3.06. The molecule has 1 heterocycles. The molecule has 1 atom stereocenters. The van der Waals surface area contributed by atoms with Gasteiger partial charge in [-0.05, 0) is 25.7 Å². The van der Waals surface area contributed by atoms with Crippen molar-refractivity contribution >= 4 is 10.1 Å². The van der Waals surface area contributed by atoms with Crippen LogP contribution < -0.4 is 4.90 Å². The van der Waals surface area contributed by atoms with Gasteiger partial charge < -0.3 is 4.55 Å². The molecule has 0 saturated heterocycles. The Morgan fingerprint density at radius 1 is 0.862 bits per heavy atom. The van der Waals surface area contributed by atoms with Crippen molar-refractivity contribution in [2.75, 3.05) is 6.54 Å². The topological polar surface area (TPSA) is 61.6 Å². The van der Waals surface area contributed by atoms with Gasteiger partial charge in [-0.15, -0.1) is 0 Å². The second kappa shape index (κ2) is 15.9. The third-order valence-electron chi connectivity index (χ3n) is 4.80. The quantitative estimate of drug-likeness (QED) is 0.222. The Bertz CT molecular complexity index is 572. The van der Waals surface area contributed by atoms with Crippen LogP contribution in [0.4, 0.5) is 13.2 Å². The fourth-order valence-electron chi connectivity index (χ4n) is 3.06. The molecule has 29 heavy (non-hydrogen) atoms. The number of allylic oxidation sites excluding steroid dienone is 2. The summed E-state index contributed by atoms with van der Waals surface area (Å²) in [5, 5.41) is 0. The molecule has 1 aliphatic rings. The van der Waals surface area contributed by atoms with E-state index in [-0.39, 0.29) is 0 Å². The predicted octanol–water partition coefficient (Wildman–Crippen LogP) is 5.45. The van der Waals surface area contributed by atoms with E-state index in [9.17, 15) is 13.2 Å². The minimum absolute atomic E-state index is 1.27. The lowest BCUT2D eigenvalue weighted by molar-refractivity contribution is -0.788. The third kappa shape index (κ3) is 15.6. The Morgan fingerprint density at radius 3 is 1.76 bits per heavy atom. The van der Waals surface area contributed by atoms with Gasteiger partial charge >= 0.3 is 5.51 Å². The van der Waals surface area contributed by atoms with E-state index in [1.54, 1.807) is 10.5 Å². The summed E-state index contributed by atoms with van der Waals surface area (Å²) in [7, 11) is -6.09. The first-order chi connectivity index (χ1) is 13.6. The number of alkyl halides is 3. The minimum Gasteiger partial charge on any atom is -0.741 e. The van der Waals surface area contributed by atoms with Gasteiger partial charge in [-0.3, -0.25) is 4.90 Å². The molecule has 4 nitrogen and oxygen atoms in total. The van der Waals surface area contributed by atoms with Gasteiger partial charge in [-0.25, -0.2) is 8.42 Å². The molecule has 0 aromatic rings. The van der Waals surface area contributed by atoms with E-state index in [2.05, 4.69) is 32.3 Å². The summed E-state index contributed by atoms with van der Waals surface area (Å²) in [5.74, 6) is 0. The SMILES string of the molecule is CCCCCCCCCCCC[NH+]1C=CC(CCCC)=C1.O=S(=O)([O-])C(F)(F)F. The number of quaternary nitrogens is 1. The van der Waals surface area contributed by atoms with Crippen LogP contribution in [0.3, 0.4) is 0 Å². The van der Waals surface area contributed by atoms with E-state index in [0.29, 0.717) is 0 Å². The van der Waals surface area contributed by atoms with Crippen LogP contribution in [0, 0.1) is 0 Å². The van der Waals surface area contributed by atoms with E-state index in [1.165, 1.54) is 90.0 Å². The van der Waals surface area contributed by atoms with Gasteiger partial charge in [0.05, 0.1) is 12.7 Å². The summed E-state index contributed by atoms with van der Waals surface area (Å²) in [6.45, 7) is 5.86. The molecule has 0 aliphatic carbocycles. The van der Waals surface area contributed by atoms with E-state index in [0.717, 1.165) is 0 Å². The summed E-state index contributed by atoms with van der Waals surface area (Å²) in [4.78, 5) is 1.57. The Labute approximate surface area is 175 Å². The summed E-state index contributed by atoms with van der Waals surface area (Å²) in [5.41, 5.74) is -4.09. The molecular weight excluding hydrogens is 403 g/mol. The molecule has 1 aliphatic heterocycles. The highest BCUT2D eigenvalue weighted by Crippen LogP contribution is 2.20. The highest BCUT2D eigenvalue weighted by molar-refractivity contribution is 7.86. The summed E-state index contributed by atoms with van der Waals surface area (Å²) >= 11 is 0. The molecule has 1 N–H and O–H groups in total. The van der Waals surface area contributed by atoms with E-state index in [4.69, 9.17) is 13.0 Å². The molecule has 0 aromatic carbocycles. The smallest absolute Gasteiger partial charge is 0.485 e. The maximum Gasteiger partial charge on any atom is 0.485 e. The van der Waals surface area contributed by atoms with Crippen molar-refractivity contribution in [3.05, 3.63) is 24.0 Å². The van der Waals surface area contributed by atoms with Crippen molar-refractivity contribution < 1.29 is 31.0 Å². The molecule has 0 aromatic heterocycles. The molecule has 0 spiro atoms. The van der Waals surface area contributed by atoms with Crippen molar-refractivity contribution in [1.82, 2.24) is 0 Å². The third-order valence-corrected chi connectivity index (χ3v) is 5.37. The lowest BCUT2D eigenvalue weighted by Crippen LogP contribution is -3.01. The maximum atomic E-state index is 10.7. The van der Waals surface area contributed by atoms with Gasteiger partial charge in [0.2, 0.25) is 0 Å². The Kier molecular flexibility index (Phi) is 15.4. The molecule has 0 fully saturated rings. The zero-order valence-corrected chi connectivity index (χ0v) is 18.7. The van der Waals surface area contributed by atoms with Crippen LogP contribution in [-0.4, -0.2) is 25.0 Å². The Hall–Kier alpha value is -0.860. The summed E-state index contributed by atoms with van der Waals surface area (Å²) in [6, 6.07) is 0. The van der Waals surface area contributed by atoms with Crippen LogP contribution in [0.25, 0.3) is 0 Å². The van der Waals surface area contributed by atoms with Crippen LogP contribution in [0.5, 0.6) is 0 Å². The highest BCUT2D eigenvalue weighted by Gasteiger charge is 2.36. The molecule has 172 valence electrons. The molecular formula is C21H38F3NO3S. The van der Waals surface area contributed by atoms with Crippen LogP contribution in [-0.2, 0) is 10.1 Å². The minimum atomic E-state index is -6.09.